The maximum atomic E-state index is 11.7. The normalized spacial score (nSPS) is 30.0. The van der Waals surface area contributed by atoms with E-state index < -0.39 is 20.6 Å². The van der Waals surface area contributed by atoms with Crippen LogP contribution >= 0.6 is 0 Å². The van der Waals surface area contributed by atoms with Gasteiger partial charge in [-0.2, -0.15) is 0 Å². The molecule has 0 radical (unpaired) electrons. The van der Waals surface area contributed by atoms with Gasteiger partial charge in [-0.3, -0.25) is 4.21 Å². The first-order valence-corrected chi connectivity index (χ1v) is 7.98. The lowest BCUT2D eigenvalue weighted by atomic mass is 10.3. The molecule has 0 aromatic rings. The van der Waals surface area contributed by atoms with Crippen LogP contribution in [0.25, 0.3) is 0 Å². The van der Waals surface area contributed by atoms with E-state index >= 15 is 0 Å². The Kier molecular flexibility index (Phi) is 4.09. The molecule has 0 spiro atoms. The molecule has 3 unspecified atom stereocenters. The quantitative estimate of drug-likeness (QED) is 0.728. The van der Waals surface area contributed by atoms with Crippen LogP contribution in [0.5, 0.6) is 0 Å². The van der Waals surface area contributed by atoms with Crippen molar-refractivity contribution in [2.45, 2.75) is 31.1 Å². The lowest BCUT2D eigenvalue weighted by Gasteiger charge is -2.11. The van der Waals surface area contributed by atoms with E-state index in [2.05, 4.69) is 0 Å². The molecule has 1 rings (SSSR count). The zero-order valence-electron chi connectivity index (χ0n) is 8.31. The van der Waals surface area contributed by atoms with Crippen molar-refractivity contribution in [3.8, 4) is 0 Å². The largest absolute Gasteiger partial charge is 0.327 e. The molecule has 4 nitrogen and oxygen atoms in total. The molecule has 0 aromatic heterocycles. The van der Waals surface area contributed by atoms with Gasteiger partial charge >= 0.3 is 0 Å². The van der Waals surface area contributed by atoms with E-state index in [0.717, 1.165) is 6.42 Å². The standard InChI is InChI=1S/C8H17NO3S2/c1-2-7(9)5-13(10)8-3-4-14(11,12)6-8/h7-8H,2-6,9H2,1H3. The minimum absolute atomic E-state index is 0.0702. The summed E-state index contributed by atoms with van der Waals surface area (Å²) in [5.41, 5.74) is 5.67. The Morgan fingerprint density at radius 1 is 1.57 bits per heavy atom. The number of sulfone groups is 1. The maximum Gasteiger partial charge on any atom is 0.151 e. The second kappa shape index (κ2) is 4.72. The first-order valence-electron chi connectivity index (χ1n) is 4.78. The molecule has 1 saturated heterocycles. The Labute approximate surface area is 87.6 Å². The summed E-state index contributed by atoms with van der Waals surface area (Å²) in [6.07, 6.45) is 1.32. The fourth-order valence-electron chi connectivity index (χ4n) is 1.43. The lowest BCUT2D eigenvalue weighted by molar-refractivity contribution is 0.602. The van der Waals surface area contributed by atoms with Crippen LogP contribution in [0.1, 0.15) is 19.8 Å². The summed E-state index contributed by atoms with van der Waals surface area (Å²) in [6, 6.07) is -0.0702. The third-order valence-corrected chi connectivity index (χ3v) is 6.35. The minimum Gasteiger partial charge on any atom is -0.327 e. The van der Waals surface area contributed by atoms with Gasteiger partial charge in [0.2, 0.25) is 0 Å². The van der Waals surface area contributed by atoms with Gasteiger partial charge in [0.1, 0.15) is 0 Å². The molecular formula is C8H17NO3S2. The predicted molar refractivity (Wildman–Crippen MR) is 58.3 cm³/mol. The van der Waals surface area contributed by atoms with Crippen molar-refractivity contribution in [3.63, 3.8) is 0 Å². The smallest absolute Gasteiger partial charge is 0.151 e. The Hall–Kier alpha value is 0.0600. The van der Waals surface area contributed by atoms with Gasteiger partial charge in [0.05, 0.1) is 11.5 Å². The average Bonchev–Trinajstić information content (AvgIpc) is 2.46. The molecule has 14 heavy (non-hydrogen) atoms. The molecular weight excluding hydrogens is 222 g/mol. The van der Waals surface area contributed by atoms with Gasteiger partial charge in [-0.1, -0.05) is 6.92 Å². The van der Waals surface area contributed by atoms with Crippen LogP contribution in [0.2, 0.25) is 0 Å². The second-order valence-electron chi connectivity index (χ2n) is 3.74. The van der Waals surface area contributed by atoms with Gasteiger partial charge in [-0.15, -0.1) is 0 Å². The van der Waals surface area contributed by atoms with E-state index in [0.29, 0.717) is 12.2 Å². The lowest BCUT2D eigenvalue weighted by Crippen LogP contribution is -2.31. The number of hydrogen-bond acceptors (Lipinski definition) is 4. The topological polar surface area (TPSA) is 77.2 Å². The summed E-state index contributed by atoms with van der Waals surface area (Å²) in [4.78, 5) is 0. The molecule has 3 atom stereocenters. The summed E-state index contributed by atoms with van der Waals surface area (Å²) in [7, 11) is -3.99. The summed E-state index contributed by atoms with van der Waals surface area (Å²) >= 11 is 0. The highest BCUT2D eigenvalue weighted by molar-refractivity contribution is 7.94. The molecule has 1 aliphatic heterocycles. The molecule has 84 valence electrons. The third kappa shape index (κ3) is 3.33. The number of rotatable bonds is 4. The maximum absolute atomic E-state index is 11.7. The number of nitrogens with two attached hydrogens (primary N) is 1. The fraction of sp³-hybridized carbons (Fsp3) is 1.00. The fourth-order valence-corrected chi connectivity index (χ4v) is 5.67. The molecule has 1 fully saturated rings. The van der Waals surface area contributed by atoms with E-state index in [1.165, 1.54) is 0 Å². The highest BCUT2D eigenvalue weighted by Crippen LogP contribution is 2.17. The van der Waals surface area contributed by atoms with Crippen molar-refractivity contribution < 1.29 is 12.6 Å². The van der Waals surface area contributed by atoms with Gasteiger partial charge < -0.3 is 5.73 Å². The van der Waals surface area contributed by atoms with Gasteiger partial charge in [-0.25, -0.2) is 8.42 Å². The Bertz CT molecular complexity index is 313. The summed E-state index contributed by atoms with van der Waals surface area (Å²) in [6.45, 7) is 1.94. The van der Waals surface area contributed by atoms with Crippen LogP contribution < -0.4 is 5.73 Å². The van der Waals surface area contributed by atoms with E-state index in [1.807, 2.05) is 6.92 Å². The van der Waals surface area contributed by atoms with Gasteiger partial charge in [0, 0.05) is 27.8 Å². The molecule has 0 aliphatic carbocycles. The molecule has 0 amide bonds. The van der Waals surface area contributed by atoms with Crippen LogP contribution in [-0.2, 0) is 20.6 Å². The van der Waals surface area contributed by atoms with E-state index in [9.17, 15) is 12.6 Å². The third-order valence-electron chi connectivity index (χ3n) is 2.47. The van der Waals surface area contributed by atoms with Crippen LogP contribution in [-0.4, -0.2) is 41.2 Å². The number of hydrogen-bond donors (Lipinski definition) is 1. The van der Waals surface area contributed by atoms with Crippen molar-refractivity contribution in [1.29, 1.82) is 0 Å². The Balaban J connectivity index is 2.48. The van der Waals surface area contributed by atoms with E-state index in [4.69, 9.17) is 5.73 Å². The molecule has 0 aromatic carbocycles. The molecule has 2 N–H and O–H groups in total. The van der Waals surface area contributed by atoms with Crippen LogP contribution in [0, 0.1) is 0 Å². The molecule has 0 bridgehead atoms. The average molecular weight is 239 g/mol. The van der Waals surface area contributed by atoms with Crippen molar-refractivity contribution in [2.75, 3.05) is 17.3 Å². The highest BCUT2D eigenvalue weighted by atomic mass is 32.2. The Morgan fingerprint density at radius 3 is 2.64 bits per heavy atom. The summed E-state index contributed by atoms with van der Waals surface area (Å²) < 4.78 is 33.9. The molecule has 0 saturated carbocycles. The SMILES string of the molecule is CCC(N)CS(=O)C1CCS(=O)(=O)C1. The van der Waals surface area contributed by atoms with Gasteiger partial charge in [0.25, 0.3) is 0 Å². The first-order chi connectivity index (χ1) is 6.44. The summed E-state index contributed by atoms with van der Waals surface area (Å²) in [5, 5.41) is -0.183. The summed E-state index contributed by atoms with van der Waals surface area (Å²) in [5.74, 6) is 0.692. The minimum atomic E-state index is -2.92. The van der Waals surface area contributed by atoms with Gasteiger partial charge in [-0.05, 0) is 12.8 Å². The second-order valence-corrected chi connectivity index (χ2v) is 7.73. The van der Waals surface area contributed by atoms with Crippen molar-refractivity contribution in [1.82, 2.24) is 0 Å². The zero-order valence-corrected chi connectivity index (χ0v) is 9.94. The van der Waals surface area contributed by atoms with Crippen LogP contribution in [0.15, 0.2) is 0 Å². The zero-order chi connectivity index (χ0) is 10.8. The first kappa shape index (κ1) is 12.1. The molecule has 6 heteroatoms. The van der Waals surface area contributed by atoms with E-state index in [-0.39, 0.29) is 22.8 Å². The van der Waals surface area contributed by atoms with Crippen LogP contribution in [0.3, 0.4) is 0 Å². The van der Waals surface area contributed by atoms with Crippen molar-refractivity contribution in [3.05, 3.63) is 0 Å². The van der Waals surface area contributed by atoms with Crippen molar-refractivity contribution in [2.24, 2.45) is 5.73 Å². The van der Waals surface area contributed by atoms with E-state index in [1.54, 1.807) is 0 Å². The molecule has 1 heterocycles. The monoisotopic (exact) mass is 239 g/mol. The molecule has 1 aliphatic rings. The highest BCUT2D eigenvalue weighted by Gasteiger charge is 2.32. The van der Waals surface area contributed by atoms with Gasteiger partial charge in [0.15, 0.2) is 9.84 Å². The Morgan fingerprint density at radius 2 is 2.21 bits per heavy atom. The predicted octanol–water partition coefficient (Wildman–Crippen LogP) is -0.340. The van der Waals surface area contributed by atoms with Crippen molar-refractivity contribution >= 4 is 20.6 Å². The van der Waals surface area contributed by atoms with Crippen LogP contribution in [0.4, 0.5) is 0 Å².